The highest BCUT2D eigenvalue weighted by molar-refractivity contribution is 6.30. The van der Waals surface area contributed by atoms with Gasteiger partial charge in [0.25, 0.3) is 0 Å². The van der Waals surface area contributed by atoms with E-state index in [0.717, 1.165) is 11.1 Å². The van der Waals surface area contributed by atoms with Crippen LogP contribution in [0.2, 0.25) is 5.02 Å². The summed E-state index contributed by atoms with van der Waals surface area (Å²) in [4.78, 5) is 12.7. The van der Waals surface area contributed by atoms with Crippen LogP contribution in [0.3, 0.4) is 0 Å². The van der Waals surface area contributed by atoms with Crippen molar-refractivity contribution in [3.8, 4) is 6.07 Å². The molecule has 0 N–H and O–H groups in total. The second-order valence-corrected chi connectivity index (χ2v) is 5.09. The number of nitrogens with zero attached hydrogens (tertiary/aromatic N) is 1. The minimum atomic E-state index is -0.430. The van der Waals surface area contributed by atoms with E-state index in [-0.39, 0.29) is 12.2 Å². The Morgan fingerprint density at radius 1 is 1.25 bits per heavy atom. The highest BCUT2D eigenvalue weighted by Crippen LogP contribution is 2.26. The van der Waals surface area contributed by atoms with Crippen molar-refractivity contribution in [2.45, 2.75) is 19.3 Å². The highest BCUT2D eigenvalue weighted by Gasteiger charge is 2.23. The molecule has 1 atom stereocenters. The lowest BCUT2D eigenvalue weighted by atomic mass is 9.87. The predicted molar refractivity (Wildman–Crippen MR) is 79.9 cm³/mol. The Morgan fingerprint density at radius 2 is 1.95 bits per heavy atom. The summed E-state index contributed by atoms with van der Waals surface area (Å²) in [7, 11) is 0. The minimum Gasteiger partial charge on any atom is -0.293 e. The Bertz CT molecular complexity index is 658. The molecular formula is C17H14ClNO. The number of Topliss-reactive ketones (excluding diaryl/α,β-unsaturated/α-hetero) is 1. The molecule has 0 spiro atoms. The molecular weight excluding hydrogens is 270 g/mol. The van der Waals surface area contributed by atoms with Crippen molar-refractivity contribution in [3.05, 3.63) is 70.2 Å². The number of carbonyl (C=O) groups excluding carboxylic acids is 1. The molecule has 0 heterocycles. The topological polar surface area (TPSA) is 40.9 Å². The van der Waals surface area contributed by atoms with Gasteiger partial charge in [-0.05, 0) is 36.2 Å². The van der Waals surface area contributed by atoms with Gasteiger partial charge in [-0.2, -0.15) is 5.26 Å². The number of rotatable bonds is 4. The Labute approximate surface area is 123 Å². The molecule has 20 heavy (non-hydrogen) atoms. The maximum absolute atomic E-state index is 12.7. The molecule has 2 aromatic rings. The molecule has 100 valence electrons. The van der Waals surface area contributed by atoms with Gasteiger partial charge >= 0.3 is 0 Å². The van der Waals surface area contributed by atoms with E-state index in [9.17, 15) is 4.79 Å². The van der Waals surface area contributed by atoms with E-state index in [1.807, 2.05) is 37.3 Å². The van der Waals surface area contributed by atoms with E-state index >= 15 is 0 Å². The normalized spacial score (nSPS) is 11.7. The summed E-state index contributed by atoms with van der Waals surface area (Å²) in [5.74, 6) is -0.465. The van der Waals surface area contributed by atoms with Crippen molar-refractivity contribution in [2.24, 2.45) is 0 Å². The largest absolute Gasteiger partial charge is 0.293 e. The van der Waals surface area contributed by atoms with E-state index in [1.165, 1.54) is 0 Å². The smallest absolute Gasteiger partial charge is 0.171 e. The molecule has 0 aliphatic rings. The number of hydrogen-bond donors (Lipinski definition) is 0. The van der Waals surface area contributed by atoms with Gasteiger partial charge in [-0.25, -0.2) is 0 Å². The van der Waals surface area contributed by atoms with Gasteiger partial charge in [0.15, 0.2) is 5.78 Å². The van der Waals surface area contributed by atoms with Crippen LogP contribution in [-0.2, 0) is 0 Å². The van der Waals surface area contributed by atoms with Crippen molar-refractivity contribution in [3.63, 3.8) is 0 Å². The quantitative estimate of drug-likeness (QED) is 0.774. The van der Waals surface area contributed by atoms with Gasteiger partial charge in [-0.1, -0.05) is 41.9 Å². The monoisotopic (exact) mass is 283 g/mol. The summed E-state index contributed by atoms with van der Waals surface area (Å²) >= 11 is 5.92. The zero-order chi connectivity index (χ0) is 14.5. The summed E-state index contributed by atoms with van der Waals surface area (Å²) < 4.78 is 0. The van der Waals surface area contributed by atoms with Crippen molar-refractivity contribution < 1.29 is 4.79 Å². The molecule has 0 bridgehead atoms. The number of aryl methyl sites for hydroxylation is 1. The van der Waals surface area contributed by atoms with Crippen molar-refractivity contribution >= 4 is 17.4 Å². The predicted octanol–water partition coefficient (Wildman–Crippen LogP) is 4.53. The molecule has 0 aliphatic carbocycles. The Hall–Kier alpha value is -2.11. The molecule has 0 saturated heterocycles. The molecule has 3 heteroatoms. The molecule has 0 aromatic heterocycles. The fraction of sp³-hybridized carbons (Fsp3) is 0.176. The van der Waals surface area contributed by atoms with Crippen molar-refractivity contribution in [1.82, 2.24) is 0 Å². The lowest BCUT2D eigenvalue weighted by Gasteiger charge is -2.14. The van der Waals surface area contributed by atoms with E-state index in [4.69, 9.17) is 16.9 Å². The summed E-state index contributed by atoms with van der Waals surface area (Å²) in [6.45, 7) is 1.85. The molecule has 2 rings (SSSR count). The van der Waals surface area contributed by atoms with Crippen LogP contribution >= 0.6 is 11.6 Å². The Kier molecular flexibility index (Phi) is 4.55. The third-order valence-corrected chi connectivity index (χ3v) is 3.50. The van der Waals surface area contributed by atoms with Crippen LogP contribution in [0.4, 0.5) is 0 Å². The average molecular weight is 284 g/mol. The summed E-state index contributed by atoms with van der Waals surface area (Å²) in [5.41, 5.74) is 2.33. The molecule has 2 nitrogen and oxygen atoms in total. The maximum atomic E-state index is 12.7. The maximum Gasteiger partial charge on any atom is 0.171 e. The number of halogens is 1. The standard InChI is InChI=1S/C17H14ClNO/c1-12-11-14(18)7-8-15(12)17(20)16(9-10-19)13-5-3-2-4-6-13/h2-8,11,16H,9H2,1H3. The highest BCUT2D eigenvalue weighted by atomic mass is 35.5. The van der Waals surface area contributed by atoms with Crippen LogP contribution in [0.25, 0.3) is 0 Å². The van der Waals surface area contributed by atoms with Gasteiger partial charge in [-0.15, -0.1) is 0 Å². The van der Waals surface area contributed by atoms with Gasteiger partial charge in [0.2, 0.25) is 0 Å². The van der Waals surface area contributed by atoms with Crippen LogP contribution < -0.4 is 0 Å². The second kappa shape index (κ2) is 6.36. The Morgan fingerprint density at radius 3 is 2.55 bits per heavy atom. The lowest BCUT2D eigenvalue weighted by Crippen LogP contribution is -2.14. The minimum absolute atomic E-state index is 0.0353. The molecule has 0 amide bonds. The molecule has 0 saturated carbocycles. The van der Waals surface area contributed by atoms with Gasteiger partial charge < -0.3 is 0 Å². The zero-order valence-corrected chi connectivity index (χ0v) is 11.9. The first kappa shape index (κ1) is 14.3. The number of ketones is 1. The lowest BCUT2D eigenvalue weighted by molar-refractivity contribution is 0.0960. The summed E-state index contributed by atoms with van der Waals surface area (Å²) in [5, 5.41) is 9.59. The van der Waals surface area contributed by atoms with Crippen molar-refractivity contribution in [1.29, 1.82) is 5.26 Å². The third kappa shape index (κ3) is 3.07. The number of benzene rings is 2. The van der Waals surface area contributed by atoms with Crippen molar-refractivity contribution in [2.75, 3.05) is 0 Å². The second-order valence-electron chi connectivity index (χ2n) is 4.65. The SMILES string of the molecule is Cc1cc(Cl)ccc1C(=O)C(CC#N)c1ccccc1. The van der Waals surface area contributed by atoms with Gasteiger partial charge in [0.05, 0.1) is 12.0 Å². The van der Waals surface area contributed by atoms with Crippen LogP contribution in [0.1, 0.15) is 33.8 Å². The van der Waals surface area contributed by atoms with Crippen LogP contribution in [0.15, 0.2) is 48.5 Å². The van der Waals surface area contributed by atoms with Gasteiger partial charge in [0, 0.05) is 17.0 Å². The summed E-state index contributed by atoms with van der Waals surface area (Å²) in [6.07, 6.45) is 0.172. The third-order valence-electron chi connectivity index (χ3n) is 3.27. The van der Waals surface area contributed by atoms with Gasteiger partial charge in [-0.3, -0.25) is 4.79 Å². The first-order valence-corrected chi connectivity index (χ1v) is 6.73. The average Bonchev–Trinajstić information content (AvgIpc) is 2.45. The number of hydrogen-bond acceptors (Lipinski definition) is 2. The first-order valence-electron chi connectivity index (χ1n) is 6.35. The fourth-order valence-electron chi connectivity index (χ4n) is 2.23. The van der Waals surface area contributed by atoms with E-state index in [2.05, 4.69) is 6.07 Å². The van der Waals surface area contributed by atoms with Crippen LogP contribution in [0, 0.1) is 18.3 Å². The first-order chi connectivity index (χ1) is 9.63. The summed E-state index contributed by atoms with van der Waals surface area (Å²) in [6, 6.07) is 16.7. The molecule has 0 radical (unpaired) electrons. The van der Waals surface area contributed by atoms with E-state index in [1.54, 1.807) is 18.2 Å². The molecule has 0 aliphatic heterocycles. The van der Waals surface area contributed by atoms with Crippen LogP contribution in [0.5, 0.6) is 0 Å². The van der Waals surface area contributed by atoms with E-state index in [0.29, 0.717) is 10.6 Å². The molecule has 2 aromatic carbocycles. The fourth-order valence-corrected chi connectivity index (χ4v) is 2.46. The molecule has 1 unspecified atom stereocenters. The zero-order valence-electron chi connectivity index (χ0n) is 11.1. The van der Waals surface area contributed by atoms with E-state index < -0.39 is 5.92 Å². The number of carbonyl (C=O) groups is 1. The van der Waals surface area contributed by atoms with Crippen LogP contribution in [-0.4, -0.2) is 5.78 Å². The van der Waals surface area contributed by atoms with Gasteiger partial charge in [0.1, 0.15) is 0 Å². The molecule has 0 fully saturated rings. The number of nitriles is 1. The Balaban J connectivity index is 2.40.